The molecule has 0 radical (unpaired) electrons. The third-order valence-electron chi connectivity index (χ3n) is 7.12. The molecule has 1 unspecified atom stereocenters. The van der Waals surface area contributed by atoms with Crippen molar-refractivity contribution in [2.45, 2.75) is 57.3 Å². The molecule has 40 heavy (non-hydrogen) atoms. The van der Waals surface area contributed by atoms with Crippen molar-refractivity contribution in [3.8, 4) is 11.1 Å². The SMILES string of the molecule is CCCCOC(=O)c1ncc(C(OC)OC)c(C(O)c2ccc(-c3ccc(C4(C(=O)OCC)CC4)cc3)cc2)n1. The van der Waals surface area contributed by atoms with Crippen molar-refractivity contribution in [2.24, 2.45) is 0 Å². The molecule has 0 aliphatic heterocycles. The third kappa shape index (κ3) is 6.22. The highest BCUT2D eigenvalue weighted by atomic mass is 16.7. The van der Waals surface area contributed by atoms with E-state index in [4.69, 9.17) is 18.9 Å². The Morgan fingerprint density at radius 2 is 1.57 bits per heavy atom. The van der Waals surface area contributed by atoms with Crippen molar-refractivity contribution in [1.82, 2.24) is 9.97 Å². The maximum absolute atomic E-state index is 12.5. The predicted molar refractivity (Wildman–Crippen MR) is 147 cm³/mol. The van der Waals surface area contributed by atoms with Crippen molar-refractivity contribution in [2.75, 3.05) is 27.4 Å². The van der Waals surface area contributed by atoms with Gasteiger partial charge >= 0.3 is 11.9 Å². The van der Waals surface area contributed by atoms with Crippen LogP contribution in [0.4, 0.5) is 0 Å². The second kappa shape index (κ2) is 13.1. The lowest BCUT2D eigenvalue weighted by atomic mass is 9.93. The first-order chi connectivity index (χ1) is 19.4. The number of nitrogens with zero attached hydrogens (tertiary/aromatic N) is 2. The lowest BCUT2D eigenvalue weighted by Gasteiger charge is -2.20. The summed E-state index contributed by atoms with van der Waals surface area (Å²) in [6, 6.07) is 15.3. The minimum Gasteiger partial charge on any atom is -0.465 e. The first-order valence-corrected chi connectivity index (χ1v) is 13.5. The van der Waals surface area contributed by atoms with Gasteiger partial charge in [-0.1, -0.05) is 61.9 Å². The topological polar surface area (TPSA) is 117 Å². The molecule has 1 heterocycles. The van der Waals surface area contributed by atoms with Gasteiger partial charge in [-0.3, -0.25) is 4.79 Å². The lowest BCUT2D eigenvalue weighted by Crippen LogP contribution is -2.23. The minimum absolute atomic E-state index is 0.146. The van der Waals surface area contributed by atoms with Gasteiger partial charge in [0.25, 0.3) is 0 Å². The van der Waals surface area contributed by atoms with Crippen LogP contribution in [0.15, 0.2) is 54.7 Å². The van der Waals surface area contributed by atoms with E-state index in [1.165, 1.54) is 20.4 Å². The van der Waals surface area contributed by atoms with Crippen LogP contribution in [0.25, 0.3) is 11.1 Å². The first kappa shape index (κ1) is 29.3. The van der Waals surface area contributed by atoms with E-state index in [0.29, 0.717) is 17.7 Å². The van der Waals surface area contributed by atoms with Crippen LogP contribution in [0.3, 0.4) is 0 Å². The summed E-state index contributed by atoms with van der Waals surface area (Å²) in [6.07, 6.45) is 2.62. The fourth-order valence-corrected chi connectivity index (χ4v) is 4.63. The molecule has 9 heteroatoms. The lowest BCUT2D eigenvalue weighted by molar-refractivity contribution is -0.146. The number of aliphatic hydroxyl groups is 1. The third-order valence-corrected chi connectivity index (χ3v) is 7.12. The van der Waals surface area contributed by atoms with Crippen molar-refractivity contribution in [3.05, 3.63) is 82.9 Å². The van der Waals surface area contributed by atoms with Crippen LogP contribution in [0, 0.1) is 0 Å². The molecule has 1 fully saturated rings. The molecule has 212 valence electrons. The van der Waals surface area contributed by atoms with E-state index < -0.39 is 23.8 Å². The normalized spacial score (nSPS) is 14.6. The molecule has 1 N–H and O–H groups in total. The number of carbonyl (C=O) groups excluding carboxylic acids is 2. The number of unbranched alkanes of at least 4 members (excludes halogenated alkanes) is 1. The summed E-state index contributed by atoms with van der Waals surface area (Å²) in [5.41, 5.74) is 3.53. The average Bonchev–Trinajstić information content (AvgIpc) is 3.80. The number of aliphatic hydroxyl groups excluding tert-OH is 1. The average molecular weight is 549 g/mol. The molecule has 1 atom stereocenters. The van der Waals surface area contributed by atoms with Crippen LogP contribution in [-0.4, -0.2) is 54.4 Å². The number of aromatic nitrogens is 2. The van der Waals surface area contributed by atoms with Gasteiger partial charge in [0.1, 0.15) is 6.10 Å². The number of carbonyl (C=O) groups is 2. The quantitative estimate of drug-likeness (QED) is 0.177. The van der Waals surface area contributed by atoms with Crippen LogP contribution < -0.4 is 0 Å². The number of ether oxygens (including phenoxy) is 4. The Morgan fingerprint density at radius 1 is 0.950 bits per heavy atom. The van der Waals surface area contributed by atoms with Gasteiger partial charge in [0.05, 0.1) is 29.9 Å². The van der Waals surface area contributed by atoms with E-state index in [2.05, 4.69) is 9.97 Å². The van der Waals surface area contributed by atoms with E-state index in [1.54, 1.807) is 12.1 Å². The van der Waals surface area contributed by atoms with Crippen molar-refractivity contribution in [3.63, 3.8) is 0 Å². The zero-order chi connectivity index (χ0) is 28.7. The molecule has 1 aliphatic carbocycles. The van der Waals surface area contributed by atoms with E-state index in [-0.39, 0.29) is 24.1 Å². The van der Waals surface area contributed by atoms with Gasteiger partial charge in [0, 0.05) is 20.4 Å². The zero-order valence-electron chi connectivity index (χ0n) is 23.4. The standard InChI is InChI=1S/C31H36N2O7/c1-5-7-18-40-28(35)27-32-19-24(29(37-3)38-4)25(33-27)26(34)22-10-8-20(9-11-22)21-12-14-23(15-13-21)31(16-17-31)30(36)39-6-2/h8-15,19,26,29,34H,5-7,16-18H2,1-4H3. The number of esters is 2. The smallest absolute Gasteiger partial charge is 0.376 e. The Hall–Kier alpha value is -3.66. The number of hydrogen-bond acceptors (Lipinski definition) is 9. The van der Waals surface area contributed by atoms with Gasteiger partial charge in [-0.05, 0) is 48.4 Å². The summed E-state index contributed by atoms with van der Waals surface area (Å²) < 4.78 is 21.3. The second-order valence-corrected chi connectivity index (χ2v) is 9.73. The van der Waals surface area contributed by atoms with Crippen molar-refractivity contribution >= 4 is 11.9 Å². The first-order valence-electron chi connectivity index (χ1n) is 13.5. The Balaban J connectivity index is 1.57. The van der Waals surface area contributed by atoms with E-state index in [9.17, 15) is 14.7 Å². The van der Waals surface area contributed by atoms with Gasteiger partial charge in [0.2, 0.25) is 5.82 Å². The van der Waals surface area contributed by atoms with Gasteiger partial charge in [0.15, 0.2) is 6.29 Å². The molecule has 0 spiro atoms. The highest BCUT2D eigenvalue weighted by Gasteiger charge is 2.52. The van der Waals surface area contributed by atoms with Gasteiger partial charge < -0.3 is 24.1 Å². The van der Waals surface area contributed by atoms with E-state index >= 15 is 0 Å². The molecular formula is C31H36N2O7. The fourth-order valence-electron chi connectivity index (χ4n) is 4.63. The van der Waals surface area contributed by atoms with Gasteiger partial charge in [-0.2, -0.15) is 0 Å². The Kier molecular flexibility index (Phi) is 9.63. The van der Waals surface area contributed by atoms with Crippen LogP contribution >= 0.6 is 0 Å². The van der Waals surface area contributed by atoms with Crippen LogP contribution in [-0.2, 0) is 29.2 Å². The highest BCUT2D eigenvalue weighted by Crippen LogP contribution is 2.49. The molecule has 4 rings (SSSR count). The number of methoxy groups -OCH3 is 2. The summed E-state index contributed by atoms with van der Waals surface area (Å²) in [5.74, 6) is -0.964. The molecule has 9 nitrogen and oxygen atoms in total. The predicted octanol–water partition coefficient (Wildman–Crippen LogP) is 5.07. The maximum atomic E-state index is 12.5. The number of benzene rings is 2. The summed E-state index contributed by atoms with van der Waals surface area (Å²) in [6.45, 7) is 4.45. The van der Waals surface area contributed by atoms with Gasteiger partial charge in [-0.25, -0.2) is 14.8 Å². The maximum Gasteiger partial charge on any atom is 0.376 e. The molecule has 0 bridgehead atoms. The zero-order valence-corrected chi connectivity index (χ0v) is 23.4. The second-order valence-electron chi connectivity index (χ2n) is 9.73. The summed E-state index contributed by atoms with van der Waals surface area (Å²) in [7, 11) is 2.93. The van der Waals surface area contributed by atoms with Crippen LogP contribution in [0.1, 0.15) is 84.9 Å². The molecule has 1 saturated carbocycles. The van der Waals surface area contributed by atoms with Gasteiger partial charge in [-0.15, -0.1) is 0 Å². The highest BCUT2D eigenvalue weighted by molar-refractivity contribution is 5.87. The number of hydrogen-bond donors (Lipinski definition) is 1. The molecule has 1 aliphatic rings. The van der Waals surface area contributed by atoms with Crippen molar-refractivity contribution < 1.29 is 33.6 Å². The summed E-state index contributed by atoms with van der Waals surface area (Å²) >= 11 is 0. The summed E-state index contributed by atoms with van der Waals surface area (Å²) in [4.78, 5) is 33.4. The molecular weight excluding hydrogens is 512 g/mol. The minimum atomic E-state index is -1.18. The van der Waals surface area contributed by atoms with Crippen LogP contribution in [0.2, 0.25) is 0 Å². The Morgan fingerprint density at radius 3 is 2.12 bits per heavy atom. The molecule has 3 aromatic rings. The molecule has 2 aromatic carbocycles. The molecule has 0 amide bonds. The Bertz CT molecular complexity index is 1300. The van der Waals surface area contributed by atoms with Crippen molar-refractivity contribution in [1.29, 1.82) is 0 Å². The Labute approximate surface area is 234 Å². The fraction of sp³-hybridized carbons (Fsp3) is 0.419. The molecule has 1 aromatic heterocycles. The van der Waals surface area contributed by atoms with E-state index in [1.807, 2.05) is 50.2 Å². The molecule has 0 saturated heterocycles. The van der Waals surface area contributed by atoms with E-state index in [0.717, 1.165) is 42.4 Å². The largest absolute Gasteiger partial charge is 0.465 e. The summed E-state index contributed by atoms with van der Waals surface area (Å²) in [5, 5.41) is 11.3. The van der Waals surface area contributed by atoms with Crippen LogP contribution in [0.5, 0.6) is 0 Å². The monoisotopic (exact) mass is 548 g/mol. The number of rotatable bonds is 13.